The summed E-state index contributed by atoms with van der Waals surface area (Å²) in [7, 11) is -3.61. The van der Waals surface area contributed by atoms with E-state index in [2.05, 4.69) is 24.0 Å². The molecule has 2 aromatic carbocycles. The van der Waals surface area contributed by atoms with E-state index in [0.29, 0.717) is 13.2 Å². The standard InChI is InChI=1S/C20H25NO4S/c1-16(17-9-5-3-6-10-17)21-13-14-24-19(15-21)20(25-26(2,22)23)18-11-7-4-8-12-18/h3-12,16,19-20H,13-15H2,1-2H3/t16-,19+,20?/m1/s1. The molecule has 2 aromatic rings. The average Bonchev–Trinajstić information content (AvgIpc) is 2.66. The number of benzene rings is 2. The van der Waals surface area contributed by atoms with Crippen LogP contribution in [0.1, 0.15) is 30.2 Å². The summed E-state index contributed by atoms with van der Waals surface area (Å²) in [6.45, 7) is 4.10. The third-order valence-electron chi connectivity index (χ3n) is 4.70. The summed E-state index contributed by atoms with van der Waals surface area (Å²) in [4.78, 5) is 2.31. The van der Waals surface area contributed by atoms with Crippen molar-refractivity contribution in [3.8, 4) is 0 Å². The molecule has 0 amide bonds. The summed E-state index contributed by atoms with van der Waals surface area (Å²) in [6, 6.07) is 19.9. The van der Waals surface area contributed by atoms with Gasteiger partial charge in [0.1, 0.15) is 12.2 Å². The predicted molar refractivity (Wildman–Crippen MR) is 101 cm³/mol. The third-order valence-corrected chi connectivity index (χ3v) is 5.26. The first-order valence-electron chi connectivity index (χ1n) is 8.78. The minimum atomic E-state index is -3.61. The van der Waals surface area contributed by atoms with Crippen molar-refractivity contribution in [3.63, 3.8) is 0 Å². The van der Waals surface area contributed by atoms with Gasteiger partial charge in [-0.3, -0.25) is 9.08 Å². The van der Waals surface area contributed by atoms with E-state index in [1.54, 1.807) is 0 Å². The normalized spacial score (nSPS) is 21.2. The van der Waals surface area contributed by atoms with Gasteiger partial charge in [0.05, 0.1) is 12.9 Å². The molecule has 140 valence electrons. The minimum absolute atomic E-state index is 0.220. The molecule has 1 unspecified atom stereocenters. The fourth-order valence-electron chi connectivity index (χ4n) is 3.34. The van der Waals surface area contributed by atoms with E-state index < -0.39 is 16.2 Å². The molecule has 1 fully saturated rings. The Labute approximate surface area is 155 Å². The Morgan fingerprint density at radius 2 is 1.62 bits per heavy atom. The molecule has 0 aromatic heterocycles. The summed E-state index contributed by atoms with van der Waals surface area (Å²) >= 11 is 0. The van der Waals surface area contributed by atoms with Crippen molar-refractivity contribution in [1.82, 2.24) is 4.90 Å². The van der Waals surface area contributed by atoms with E-state index in [4.69, 9.17) is 8.92 Å². The van der Waals surface area contributed by atoms with Crippen LogP contribution in [0.2, 0.25) is 0 Å². The maximum atomic E-state index is 11.8. The zero-order valence-electron chi connectivity index (χ0n) is 15.1. The first kappa shape index (κ1) is 19.0. The second kappa shape index (κ2) is 8.31. The highest BCUT2D eigenvalue weighted by atomic mass is 32.2. The summed E-state index contributed by atoms with van der Waals surface area (Å²) in [5, 5.41) is 0. The summed E-state index contributed by atoms with van der Waals surface area (Å²) < 4.78 is 34.9. The van der Waals surface area contributed by atoms with Crippen LogP contribution in [0.4, 0.5) is 0 Å². The smallest absolute Gasteiger partial charge is 0.265 e. The van der Waals surface area contributed by atoms with Crippen LogP contribution in [0.5, 0.6) is 0 Å². The molecule has 0 aliphatic carbocycles. The lowest BCUT2D eigenvalue weighted by Crippen LogP contribution is -2.46. The quantitative estimate of drug-likeness (QED) is 0.726. The van der Waals surface area contributed by atoms with Crippen molar-refractivity contribution in [2.75, 3.05) is 26.0 Å². The Morgan fingerprint density at radius 3 is 2.19 bits per heavy atom. The molecule has 1 saturated heterocycles. The van der Waals surface area contributed by atoms with Gasteiger partial charge in [-0.05, 0) is 18.1 Å². The fourth-order valence-corrected chi connectivity index (χ4v) is 3.95. The molecule has 0 N–H and O–H groups in total. The van der Waals surface area contributed by atoms with E-state index in [-0.39, 0.29) is 12.1 Å². The molecule has 0 radical (unpaired) electrons. The van der Waals surface area contributed by atoms with Gasteiger partial charge in [-0.15, -0.1) is 0 Å². The van der Waals surface area contributed by atoms with Gasteiger partial charge in [-0.1, -0.05) is 60.7 Å². The monoisotopic (exact) mass is 375 g/mol. The first-order valence-corrected chi connectivity index (χ1v) is 10.6. The number of morpholine rings is 1. The van der Waals surface area contributed by atoms with Crippen molar-refractivity contribution in [1.29, 1.82) is 0 Å². The van der Waals surface area contributed by atoms with Crippen molar-refractivity contribution in [2.24, 2.45) is 0 Å². The average molecular weight is 375 g/mol. The van der Waals surface area contributed by atoms with Crippen molar-refractivity contribution >= 4 is 10.1 Å². The molecular formula is C20H25NO4S. The van der Waals surface area contributed by atoms with Gasteiger partial charge >= 0.3 is 0 Å². The van der Waals surface area contributed by atoms with Crippen LogP contribution >= 0.6 is 0 Å². The van der Waals surface area contributed by atoms with Crippen LogP contribution in [0.3, 0.4) is 0 Å². The van der Waals surface area contributed by atoms with Gasteiger partial charge in [0, 0.05) is 19.1 Å². The first-order chi connectivity index (χ1) is 12.4. The lowest BCUT2D eigenvalue weighted by atomic mass is 10.0. The lowest BCUT2D eigenvalue weighted by molar-refractivity contribution is -0.0889. The maximum Gasteiger partial charge on any atom is 0.265 e. The fraction of sp³-hybridized carbons (Fsp3) is 0.400. The van der Waals surface area contributed by atoms with Crippen LogP contribution in [0, 0.1) is 0 Å². The molecule has 26 heavy (non-hydrogen) atoms. The number of nitrogens with zero attached hydrogens (tertiary/aromatic N) is 1. The van der Waals surface area contributed by atoms with Crippen LogP contribution in [-0.2, 0) is 19.0 Å². The highest BCUT2D eigenvalue weighted by molar-refractivity contribution is 7.86. The van der Waals surface area contributed by atoms with E-state index in [1.807, 2.05) is 48.5 Å². The SMILES string of the molecule is C[C@H](c1ccccc1)N1CCO[C@H](C(OS(C)(=O)=O)c2ccccc2)C1. The predicted octanol–water partition coefficient (Wildman–Crippen LogP) is 3.17. The Kier molecular flexibility index (Phi) is 6.09. The van der Waals surface area contributed by atoms with Gasteiger partial charge in [0.25, 0.3) is 10.1 Å². The number of rotatable bonds is 6. The van der Waals surface area contributed by atoms with Crippen molar-refractivity contribution in [2.45, 2.75) is 25.2 Å². The zero-order valence-corrected chi connectivity index (χ0v) is 15.9. The van der Waals surface area contributed by atoms with Gasteiger partial charge in [0.15, 0.2) is 0 Å². The molecule has 3 rings (SSSR count). The van der Waals surface area contributed by atoms with E-state index in [9.17, 15) is 8.42 Å². The van der Waals surface area contributed by atoms with Crippen LogP contribution in [-0.4, -0.2) is 45.4 Å². The molecular weight excluding hydrogens is 350 g/mol. The number of hydrogen-bond acceptors (Lipinski definition) is 5. The summed E-state index contributed by atoms with van der Waals surface area (Å²) in [6.07, 6.45) is 0.0693. The Bertz CT molecular complexity index is 795. The van der Waals surface area contributed by atoms with E-state index in [1.165, 1.54) is 5.56 Å². The summed E-state index contributed by atoms with van der Waals surface area (Å²) in [5.41, 5.74) is 2.03. The van der Waals surface area contributed by atoms with Gasteiger partial charge < -0.3 is 4.74 Å². The van der Waals surface area contributed by atoms with Gasteiger partial charge in [-0.2, -0.15) is 8.42 Å². The van der Waals surface area contributed by atoms with E-state index >= 15 is 0 Å². The van der Waals surface area contributed by atoms with Crippen molar-refractivity contribution in [3.05, 3.63) is 71.8 Å². The Morgan fingerprint density at radius 1 is 1.04 bits per heavy atom. The molecule has 1 heterocycles. The molecule has 1 aliphatic rings. The maximum absolute atomic E-state index is 11.8. The highest BCUT2D eigenvalue weighted by Crippen LogP contribution is 2.30. The Balaban J connectivity index is 1.81. The van der Waals surface area contributed by atoms with Crippen LogP contribution < -0.4 is 0 Å². The molecule has 6 heteroatoms. The second-order valence-corrected chi connectivity index (χ2v) is 8.22. The lowest BCUT2D eigenvalue weighted by Gasteiger charge is -2.39. The van der Waals surface area contributed by atoms with Gasteiger partial charge in [0.2, 0.25) is 0 Å². The van der Waals surface area contributed by atoms with Gasteiger partial charge in [-0.25, -0.2) is 0 Å². The zero-order chi connectivity index (χ0) is 18.6. The van der Waals surface area contributed by atoms with Crippen LogP contribution in [0.15, 0.2) is 60.7 Å². The van der Waals surface area contributed by atoms with Crippen LogP contribution in [0.25, 0.3) is 0 Å². The molecule has 0 saturated carbocycles. The molecule has 5 nitrogen and oxygen atoms in total. The molecule has 3 atom stereocenters. The third kappa shape index (κ3) is 4.92. The largest absolute Gasteiger partial charge is 0.372 e. The molecule has 0 bridgehead atoms. The number of ether oxygens (including phenoxy) is 1. The minimum Gasteiger partial charge on any atom is -0.372 e. The molecule has 1 aliphatic heterocycles. The highest BCUT2D eigenvalue weighted by Gasteiger charge is 2.34. The second-order valence-electron chi connectivity index (χ2n) is 6.62. The Hall–Kier alpha value is -1.73. The van der Waals surface area contributed by atoms with E-state index in [0.717, 1.165) is 18.4 Å². The topological polar surface area (TPSA) is 55.8 Å². The summed E-state index contributed by atoms with van der Waals surface area (Å²) in [5.74, 6) is 0. The number of hydrogen-bond donors (Lipinski definition) is 0. The molecule has 0 spiro atoms. The van der Waals surface area contributed by atoms with Crippen molar-refractivity contribution < 1.29 is 17.3 Å².